The highest BCUT2D eigenvalue weighted by Gasteiger charge is 2.44. The number of pyridine rings is 1. The molecule has 0 spiro atoms. The summed E-state index contributed by atoms with van der Waals surface area (Å²) in [7, 11) is 0. The number of hydrogen-bond acceptors (Lipinski definition) is 5. The number of aliphatic carboxylic acids is 1. The molecule has 0 amide bonds. The smallest absolute Gasteiger partial charge is 0.303 e. The van der Waals surface area contributed by atoms with Gasteiger partial charge in [-0.05, 0) is 85.4 Å². The van der Waals surface area contributed by atoms with Gasteiger partial charge < -0.3 is 10.2 Å². The number of carbonyl (C=O) groups is 1. The molecular formula is C33H34FNO3S2. The molecule has 2 aromatic heterocycles. The predicted octanol–water partition coefficient (Wildman–Crippen LogP) is 8.50. The molecule has 208 valence electrons. The van der Waals surface area contributed by atoms with Crippen molar-refractivity contribution in [1.82, 2.24) is 4.98 Å². The number of benzene rings is 2. The second-order valence-electron chi connectivity index (χ2n) is 11.3. The fourth-order valence-electron chi connectivity index (χ4n) is 5.16. The SMILES string of the molecule is CC(C)(O)c1ccccc1CC[C@@H](SCC1(CC(=O)O)CC1)c1cccc(C=Cc2ccc3sc(F)cc3n2)c1. The Balaban J connectivity index is 1.37. The van der Waals surface area contributed by atoms with Crippen LogP contribution >= 0.6 is 23.1 Å². The second-order valence-corrected chi connectivity index (χ2v) is 13.5. The minimum Gasteiger partial charge on any atom is -0.481 e. The third kappa shape index (κ3) is 7.19. The predicted molar refractivity (Wildman–Crippen MR) is 164 cm³/mol. The van der Waals surface area contributed by atoms with Crippen LogP contribution in [-0.2, 0) is 16.8 Å². The Bertz CT molecular complexity index is 1530. The van der Waals surface area contributed by atoms with E-state index in [1.54, 1.807) is 0 Å². The lowest BCUT2D eigenvalue weighted by atomic mass is 9.90. The number of halogens is 1. The van der Waals surface area contributed by atoms with E-state index in [1.807, 2.05) is 68.1 Å². The van der Waals surface area contributed by atoms with Crippen LogP contribution in [0.5, 0.6) is 0 Å². The van der Waals surface area contributed by atoms with E-state index >= 15 is 0 Å². The molecule has 1 atom stereocenters. The molecule has 2 heterocycles. The number of aliphatic hydroxyl groups is 1. The van der Waals surface area contributed by atoms with E-state index in [9.17, 15) is 19.4 Å². The first-order valence-corrected chi connectivity index (χ1v) is 15.5. The maximum atomic E-state index is 13.6. The van der Waals surface area contributed by atoms with Crippen LogP contribution in [0.2, 0.25) is 0 Å². The third-order valence-electron chi connectivity index (χ3n) is 7.52. The topological polar surface area (TPSA) is 70.4 Å². The number of thioether (sulfide) groups is 1. The summed E-state index contributed by atoms with van der Waals surface area (Å²) in [5.41, 5.74) is 4.74. The lowest BCUT2D eigenvalue weighted by Crippen LogP contribution is -2.18. The first kappa shape index (κ1) is 28.5. The molecule has 4 nitrogen and oxygen atoms in total. The standard InChI is InChI=1S/C33H34FNO3S2/c1-32(2,38)26-9-4-3-7-23(26)11-14-28(39-21-33(16-17-33)20-31(36)37)24-8-5-6-22(18-24)10-12-25-13-15-29-27(35-25)19-30(34)40-29/h3-10,12-13,15,18-19,28,38H,11,14,16-17,20-21H2,1-2H3,(H,36,37)/t28-/m1/s1. The number of carboxylic acid groups (broad SMARTS) is 1. The molecule has 0 aliphatic heterocycles. The minimum absolute atomic E-state index is 0.0945. The zero-order valence-corrected chi connectivity index (χ0v) is 24.4. The Kier molecular flexibility index (Phi) is 8.45. The Labute approximate surface area is 243 Å². The van der Waals surface area contributed by atoms with Crippen molar-refractivity contribution in [2.45, 2.75) is 56.8 Å². The maximum Gasteiger partial charge on any atom is 0.303 e. The monoisotopic (exact) mass is 575 g/mol. The molecule has 1 aliphatic rings. The van der Waals surface area contributed by atoms with Gasteiger partial charge >= 0.3 is 5.97 Å². The second kappa shape index (κ2) is 11.9. The molecule has 0 bridgehead atoms. The molecule has 0 unspecified atom stereocenters. The molecule has 0 saturated heterocycles. The molecule has 40 heavy (non-hydrogen) atoms. The van der Waals surface area contributed by atoms with Gasteiger partial charge in [0.25, 0.3) is 0 Å². The van der Waals surface area contributed by atoms with Crippen LogP contribution in [0.4, 0.5) is 4.39 Å². The molecule has 2 aromatic carbocycles. The van der Waals surface area contributed by atoms with E-state index in [0.717, 1.165) is 69.9 Å². The number of fused-ring (bicyclic) bond motifs is 1. The van der Waals surface area contributed by atoms with Crippen molar-refractivity contribution in [3.8, 4) is 0 Å². The maximum absolute atomic E-state index is 13.6. The number of nitrogens with zero attached hydrogens (tertiary/aromatic N) is 1. The summed E-state index contributed by atoms with van der Waals surface area (Å²) < 4.78 is 14.4. The van der Waals surface area contributed by atoms with Gasteiger partial charge in [-0.15, -0.1) is 11.3 Å². The molecule has 4 aromatic rings. The molecular weight excluding hydrogens is 541 g/mol. The van der Waals surface area contributed by atoms with Crippen molar-refractivity contribution < 1.29 is 19.4 Å². The molecule has 2 N–H and O–H groups in total. The van der Waals surface area contributed by atoms with Crippen LogP contribution in [0.25, 0.3) is 22.4 Å². The van der Waals surface area contributed by atoms with Gasteiger partial charge in [-0.1, -0.05) is 54.6 Å². The van der Waals surface area contributed by atoms with Crippen LogP contribution in [0.15, 0.2) is 66.7 Å². The van der Waals surface area contributed by atoms with Gasteiger partial charge in [-0.2, -0.15) is 16.2 Å². The Morgan fingerprint density at radius 2 is 1.93 bits per heavy atom. The quantitative estimate of drug-likeness (QED) is 0.177. The molecule has 5 rings (SSSR count). The Morgan fingerprint density at radius 3 is 2.67 bits per heavy atom. The van der Waals surface area contributed by atoms with Gasteiger partial charge in [0.1, 0.15) is 0 Å². The summed E-state index contributed by atoms with van der Waals surface area (Å²) in [6.07, 6.45) is 7.81. The van der Waals surface area contributed by atoms with Crippen LogP contribution in [0, 0.1) is 10.5 Å². The number of carboxylic acids is 1. The lowest BCUT2D eigenvalue weighted by Gasteiger charge is -2.24. The van der Waals surface area contributed by atoms with E-state index in [2.05, 4.69) is 35.3 Å². The van der Waals surface area contributed by atoms with Crippen LogP contribution < -0.4 is 0 Å². The van der Waals surface area contributed by atoms with Crippen molar-refractivity contribution in [2.75, 3.05) is 5.75 Å². The fraction of sp³-hybridized carbons (Fsp3) is 0.333. The minimum atomic E-state index is -0.921. The highest BCUT2D eigenvalue weighted by molar-refractivity contribution is 7.99. The normalized spacial score (nSPS) is 15.5. The first-order chi connectivity index (χ1) is 19.1. The average molecular weight is 576 g/mol. The number of rotatable bonds is 12. The van der Waals surface area contributed by atoms with Gasteiger partial charge in [0.15, 0.2) is 5.13 Å². The van der Waals surface area contributed by atoms with Crippen LogP contribution in [-0.4, -0.2) is 26.9 Å². The number of hydrogen-bond donors (Lipinski definition) is 2. The summed E-state index contributed by atoms with van der Waals surface area (Å²) in [5.74, 6) is 0.0936. The van der Waals surface area contributed by atoms with Crippen LogP contribution in [0.1, 0.15) is 72.7 Å². The van der Waals surface area contributed by atoms with Crippen molar-refractivity contribution in [3.63, 3.8) is 0 Å². The summed E-state index contributed by atoms with van der Waals surface area (Å²) in [6, 6.07) is 21.8. The van der Waals surface area contributed by atoms with E-state index < -0.39 is 11.6 Å². The molecule has 7 heteroatoms. The molecule has 1 saturated carbocycles. The van der Waals surface area contributed by atoms with Gasteiger partial charge in [-0.25, -0.2) is 4.98 Å². The first-order valence-electron chi connectivity index (χ1n) is 13.6. The summed E-state index contributed by atoms with van der Waals surface area (Å²) in [6.45, 7) is 3.64. The fourth-order valence-corrected chi connectivity index (χ4v) is 7.46. The molecule has 1 fully saturated rings. The van der Waals surface area contributed by atoms with Crippen molar-refractivity contribution in [1.29, 1.82) is 0 Å². The molecule has 1 aliphatic carbocycles. The zero-order chi connectivity index (χ0) is 28.3. The number of thiophene rings is 1. The van der Waals surface area contributed by atoms with Crippen molar-refractivity contribution in [3.05, 3.63) is 99.8 Å². The van der Waals surface area contributed by atoms with E-state index in [4.69, 9.17) is 0 Å². The van der Waals surface area contributed by atoms with Crippen molar-refractivity contribution >= 4 is 51.4 Å². The van der Waals surface area contributed by atoms with E-state index in [1.165, 1.54) is 11.6 Å². The van der Waals surface area contributed by atoms with Gasteiger partial charge in [0, 0.05) is 17.1 Å². The van der Waals surface area contributed by atoms with Crippen molar-refractivity contribution in [2.24, 2.45) is 5.41 Å². The summed E-state index contributed by atoms with van der Waals surface area (Å²) in [4.78, 5) is 16.0. The average Bonchev–Trinajstić information content (AvgIpc) is 3.56. The Hall–Kier alpha value is -3.00. The van der Waals surface area contributed by atoms with Gasteiger partial charge in [0.05, 0.1) is 27.9 Å². The largest absolute Gasteiger partial charge is 0.481 e. The van der Waals surface area contributed by atoms with Gasteiger partial charge in [0.2, 0.25) is 0 Å². The number of aryl methyl sites for hydroxylation is 1. The third-order valence-corrected chi connectivity index (χ3v) is 10.1. The van der Waals surface area contributed by atoms with Gasteiger partial charge in [-0.3, -0.25) is 4.79 Å². The van der Waals surface area contributed by atoms with Crippen LogP contribution in [0.3, 0.4) is 0 Å². The highest BCUT2D eigenvalue weighted by Crippen LogP contribution is 2.53. The van der Waals surface area contributed by atoms with E-state index in [-0.39, 0.29) is 22.2 Å². The Morgan fingerprint density at radius 1 is 1.12 bits per heavy atom. The summed E-state index contributed by atoms with van der Waals surface area (Å²) >= 11 is 2.95. The number of aromatic nitrogens is 1. The summed E-state index contributed by atoms with van der Waals surface area (Å²) in [5, 5.41) is 20.1. The van der Waals surface area contributed by atoms with E-state index in [0.29, 0.717) is 5.52 Å². The zero-order valence-electron chi connectivity index (χ0n) is 22.8. The molecule has 0 radical (unpaired) electrons. The highest BCUT2D eigenvalue weighted by atomic mass is 32.2. The lowest BCUT2D eigenvalue weighted by molar-refractivity contribution is -0.138.